The van der Waals surface area contributed by atoms with Crippen molar-refractivity contribution in [1.82, 2.24) is 9.97 Å². The topological polar surface area (TPSA) is 73.4 Å². The molecule has 70 valence electrons. The summed E-state index contributed by atoms with van der Waals surface area (Å²) in [6.07, 6.45) is 1.57. The van der Waals surface area contributed by atoms with Crippen molar-refractivity contribution >= 4 is 0 Å². The second kappa shape index (κ2) is 4.29. The molecular formula is C9H7FN4. The molecule has 0 amide bonds. The van der Waals surface area contributed by atoms with E-state index in [1.165, 1.54) is 6.33 Å². The zero-order valence-corrected chi connectivity index (χ0v) is 7.53. The van der Waals surface area contributed by atoms with Crippen molar-refractivity contribution in [3.63, 3.8) is 0 Å². The van der Waals surface area contributed by atoms with Gasteiger partial charge in [-0.2, -0.15) is 10.5 Å². The van der Waals surface area contributed by atoms with E-state index in [-0.39, 0.29) is 11.4 Å². The molecule has 1 aromatic rings. The number of rotatable bonds is 2. The lowest BCUT2D eigenvalue weighted by Gasteiger charge is -2.03. The number of hydrogen-bond acceptors (Lipinski definition) is 4. The first-order valence-electron chi connectivity index (χ1n) is 4.03. The normalized spacial score (nSPS) is 9.50. The molecule has 0 fully saturated rings. The summed E-state index contributed by atoms with van der Waals surface area (Å²) in [6.45, 7) is 1.74. The van der Waals surface area contributed by atoms with Crippen molar-refractivity contribution < 1.29 is 4.39 Å². The molecule has 0 saturated carbocycles. The maximum atomic E-state index is 13.5. The van der Waals surface area contributed by atoms with Gasteiger partial charge in [0.1, 0.15) is 12.0 Å². The van der Waals surface area contributed by atoms with E-state index in [9.17, 15) is 4.39 Å². The predicted octanol–water partition coefficient (Wildman–Crippen LogP) is 1.31. The molecule has 0 spiro atoms. The van der Waals surface area contributed by atoms with Gasteiger partial charge in [-0.25, -0.2) is 14.4 Å². The molecule has 0 aliphatic carbocycles. The third kappa shape index (κ3) is 1.67. The molecule has 1 heterocycles. The van der Waals surface area contributed by atoms with E-state index >= 15 is 0 Å². The summed E-state index contributed by atoms with van der Waals surface area (Å²) in [4.78, 5) is 7.30. The van der Waals surface area contributed by atoms with Crippen LogP contribution in [-0.2, 0) is 6.42 Å². The second-order valence-corrected chi connectivity index (χ2v) is 2.56. The molecule has 0 atom stereocenters. The van der Waals surface area contributed by atoms with Gasteiger partial charge >= 0.3 is 0 Å². The van der Waals surface area contributed by atoms with Crippen LogP contribution in [-0.4, -0.2) is 9.97 Å². The average Bonchev–Trinajstić information content (AvgIpc) is 2.22. The summed E-state index contributed by atoms with van der Waals surface area (Å²) < 4.78 is 13.5. The molecular weight excluding hydrogens is 183 g/mol. The number of hydrogen-bond donors (Lipinski definition) is 0. The predicted molar refractivity (Wildman–Crippen MR) is 45.3 cm³/mol. The van der Waals surface area contributed by atoms with Crippen LogP contribution in [0.15, 0.2) is 6.33 Å². The molecule has 0 aliphatic rings. The fourth-order valence-corrected chi connectivity index (χ4v) is 1.02. The van der Waals surface area contributed by atoms with Crippen LogP contribution in [0, 0.1) is 28.5 Å². The number of nitrogens with zero attached hydrogens (tertiary/aromatic N) is 4. The Kier molecular flexibility index (Phi) is 3.09. The third-order valence-corrected chi connectivity index (χ3v) is 1.76. The molecule has 0 radical (unpaired) electrons. The van der Waals surface area contributed by atoms with Crippen LogP contribution in [0.2, 0.25) is 0 Å². The Morgan fingerprint density at radius 3 is 2.57 bits per heavy atom. The fraction of sp³-hybridized carbons (Fsp3) is 0.333. The fourth-order valence-electron chi connectivity index (χ4n) is 1.02. The van der Waals surface area contributed by atoms with Gasteiger partial charge in [0.15, 0.2) is 11.7 Å². The van der Waals surface area contributed by atoms with Gasteiger partial charge in [-0.1, -0.05) is 6.92 Å². The number of nitriles is 2. The number of aromatic nitrogens is 2. The molecule has 14 heavy (non-hydrogen) atoms. The van der Waals surface area contributed by atoms with Gasteiger partial charge in [0.2, 0.25) is 0 Å². The second-order valence-electron chi connectivity index (χ2n) is 2.56. The van der Waals surface area contributed by atoms with Crippen molar-refractivity contribution in [2.75, 3.05) is 0 Å². The summed E-state index contributed by atoms with van der Waals surface area (Å²) >= 11 is 0. The minimum absolute atomic E-state index is 0.137. The molecule has 1 rings (SSSR count). The summed E-state index contributed by atoms with van der Waals surface area (Å²) in [5.41, 5.74) is 0.0901. The van der Waals surface area contributed by atoms with E-state index in [0.29, 0.717) is 6.42 Å². The molecule has 0 aromatic carbocycles. The van der Waals surface area contributed by atoms with E-state index in [0.717, 1.165) is 0 Å². The average molecular weight is 190 g/mol. The number of halogens is 1. The Morgan fingerprint density at radius 1 is 1.43 bits per heavy atom. The van der Waals surface area contributed by atoms with Gasteiger partial charge in [-0.05, 0) is 6.42 Å². The Labute approximate surface area is 80.6 Å². The Bertz CT molecular complexity index is 402. The molecule has 0 N–H and O–H groups in total. The molecule has 5 heteroatoms. The lowest BCUT2D eigenvalue weighted by molar-refractivity contribution is 0.573. The Morgan fingerprint density at radius 2 is 2.07 bits per heavy atom. The van der Waals surface area contributed by atoms with Crippen LogP contribution in [0.25, 0.3) is 0 Å². The first kappa shape index (κ1) is 10.1. The Balaban J connectivity index is 3.24. The highest BCUT2D eigenvalue weighted by atomic mass is 19.1. The minimum Gasteiger partial charge on any atom is -0.238 e. The largest absolute Gasteiger partial charge is 0.238 e. The molecule has 0 unspecified atom stereocenters. The first-order valence-corrected chi connectivity index (χ1v) is 4.03. The zero-order valence-electron chi connectivity index (χ0n) is 7.53. The molecule has 0 aliphatic heterocycles. The lowest BCUT2D eigenvalue weighted by Crippen LogP contribution is -2.05. The van der Waals surface area contributed by atoms with Crippen LogP contribution in [0.4, 0.5) is 4.39 Å². The van der Waals surface area contributed by atoms with Crippen molar-refractivity contribution in [1.29, 1.82) is 10.5 Å². The highest BCUT2D eigenvalue weighted by molar-refractivity contribution is 5.27. The van der Waals surface area contributed by atoms with E-state index in [1.54, 1.807) is 19.1 Å². The van der Waals surface area contributed by atoms with Gasteiger partial charge in [0.05, 0.1) is 17.8 Å². The van der Waals surface area contributed by atoms with Crippen LogP contribution >= 0.6 is 0 Å². The van der Waals surface area contributed by atoms with Crippen molar-refractivity contribution in [2.45, 2.75) is 19.3 Å². The summed E-state index contributed by atoms with van der Waals surface area (Å²) in [5, 5.41) is 17.1. The van der Waals surface area contributed by atoms with Crippen molar-refractivity contribution in [3.05, 3.63) is 23.5 Å². The summed E-state index contributed by atoms with van der Waals surface area (Å²) in [6, 6.07) is 3.34. The van der Waals surface area contributed by atoms with E-state index in [1.807, 2.05) is 0 Å². The molecule has 4 nitrogen and oxygen atoms in total. The molecule has 0 bridgehead atoms. The smallest absolute Gasteiger partial charge is 0.178 e. The maximum absolute atomic E-state index is 13.5. The first-order chi connectivity index (χ1) is 6.74. The highest BCUT2D eigenvalue weighted by Gasteiger charge is 2.18. The minimum atomic E-state index is -1.16. The SMILES string of the molecule is CCc1ncnc(C(C#N)C#N)c1F. The van der Waals surface area contributed by atoms with E-state index in [2.05, 4.69) is 9.97 Å². The summed E-state index contributed by atoms with van der Waals surface area (Å²) in [7, 11) is 0. The monoisotopic (exact) mass is 190 g/mol. The Hall–Kier alpha value is -2.01. The van der Waals surface area contributed by atoms with Crippen LogP contribution in [0.1, 0.15) is 24.2 Å². The highest BCUT2D eigenvalue weighted by Crippen LogP contribution is 2.16. The van der Waals surface area contributed by atoms with Gasteiger partial charge in [0, 0.05) is 0 Å². The van der Waals surface area contributed by atoms with Crippen molar-refractivity contribution in [3.8, 4) is 12.1 Å². The quantitative estimate of drug-likeness (QED) is 0.704. The third-order valence-electron chi connectivity index (χ3n) is 1.76. The van der Waals surface area contributed by atoms with Crippen LogP contribution in [0.5, 0.6) is 0 Å². The van der Waals surface area contributed by atoms with E-state index in [4.69, 9.17) is 10.5 Å². The van der Waals surface area contributed by atoms with Gasteiger partial charge in [0.25, 0.3) is 0 Å². The van der Waals surface area contributed by atoms with Gasteiger partial charge in [-0.3, -0.25) is 0 Å². The van der Waals surface area contributed by atoms with E-state index < -0.39 is 11.7 Å². The maximum Gasteiger partial charge on any atom is 0.178 e. The lowest BCUT2D eigenvalue weighted by atomic mass is 10.1. The molecule has 0 saturated heterocycles. The van der Waals surface area contributed by atoms with Crippen molar-refractivity contribution in [2.24, 2.45) is 0 Å². The molecule has 1 aromatic heterocycles. The summed E-state index contributed by atoms with van der Waals surface area (Å²) in [5.74, 6) is -1.81. The van der Waals surface area contributed by atoms with Crippen LogP contribution < -0.4 is 0 Å². The van der Waals surface area contributed by atoms with Crippen LogP contribution in [0.3, 0.4) is 0 Å². The van der Waals surface area contributed by atoms with Gasteiger partial charge in [-0.15, -0.1) is 0 Å². The standard InChI is InChI=1S/C9H7FN4/c1-2-7-8(10)9(14-5-13-7)6(3-11)4-12/h5-6H,2H2,1H3. The van der Waals surface area contributed by atoms with Gasteiger partial charge < -0.3 is 0 Å². The number of aryl methyl sites for hydroxylation is 1. The zero-order chi connectivity index (χ0) is 10.6.